The van der Waals surface area contributed by atoms with Gasteiger partial charge in [-0.15, -0.1) is 0 Å². The average molecular weight is 222 g/mol. The third-order valence-corrected chi connectivity index (χ3v) is 2.56. The first kappa shape index (κ1) is 10.6. The second-order valence-electron chi connectivity index (χ2n) is 3.54. The Labute approximate surface area is 93.0 Å². The first-order chi connectivity index (χ1) is 7.72. The van der Waals surface area contributed by atoms with Gasteiger partial charge in [-0.3, -0.25) is 10.2 Å². The van der Waals surface area contributed by atoms with Crippen molar-refractivity contribution in [3.05, 3.63) is 12.3 Å². The number of anilines is 2. The molecule has 2 rings (SSSR count). The van der Waals surface area contributed by atoms with Gasteiger partial charge < -0.3 is 10.2 Å². The van der Waals surface area contributed by atoms with E-state index in [1.165, 1.54) is 0 Å². The smallest absolute Gasteiger partial charge is 0.242 e. The van der Waals surface area contributed by atoms with Gasteiger partial charge in [0.1, 0.15) is 11.9 Å². The summed E-state index contributed by atoms with van der Waals surface area (Å²) in [6.45, 7) is 3.19. The number of rotatable bonds is 2. The van der Waals surface area contributed by atoms with Crippen molar-refractivity contribution in [1.82, 2.24) is 15.3 Å². The van der Waals surface area contributed by atoms with Gasteiger partial charge in [-0.25, -0.2) is 10.8 Å². The van der Waals surface area contributed by atoms with Crippen LogP contribution in [-0.4, -0.2) is 35.0 Å². The molecule has 0 aromatic carbocycles. The number of nitrogens with two attached hydrogens (primary N) is 1. The van der Waals surface area contributed by atoms with E-state index in [0.29, 0.717) is 18.3 Å². The number of carbonyl (C=O) groups is 1. The van der Waals surface area contributed by atoms with Crippen LogP contribution in [0, 0.1) is 0 Å². The van der Waals surface area contributed by atoms with Crippen LogP contribution < -0.4 is 21.5 Å². The van der Waals surface area contributed by atoms with Crippen LogP contribution in [0.2, 0.25) is 0 Å². The molecule has 0 spiro atoms. The summed E-state index contributed by atoms with van der Waals surface area (Å²) in [5, 5.41) is 2.80. The molecule has 0 saturated carbocycles. The number of hydrogen-bond acceptors (Lipinski definition) is 6. The molecule has 0 bridgehead atoms. The Hall–Kier alpha value is -1.89. The maximum atomic E-state index is 11.5. The fourth-order valence-electron chi connectivity index (χ4n) is 1.67. The van der Waals surface area contributed by atoms with Crippen molar-refractivity contribution in [3.63, 3.8) is 0 Å². The molecule has 7 heteroatoms. The van der Waals surface area contributed by atoms with Crippen LogP contribution in [0.25, 0.3) is 0 Å². The Morgan fingerprint density at radius 3 is 3.25 bits per heavy atom. The number of amides is 1. The Kier molecular flexibility index (Phi) is 2.86. The number of piperazine rings is 1. The molecule has 1 aromatic rings. The van der Waals surface area contributed by atoms with Crippen molar-refractivity contribution < 1.29 is 4.79 Å². The van der Waals surface area contributed by atoms with E-state index in [2.05, 4.69) is 20.7 Å². The number of aromatic nitrogens is 2. The van der Waals surface area contributed by atoms with Gasteiger partial charge in [-0.1, -0.05) is 0 Å². The Bertz CT molecular complexity index is 395. The molecule has 1 amide bonds. The Morgan fingerprint density at radius 2 is 2.50 bits per heavy atom. The molecule has 1 aliphatic heterocycles. The predicted molar refractivity (Wildman–Crippen MR) is 59.7 cm³/mol. The fraction of sp³-hybridized carbons (Fsp3) is 0.444. The molecule has 1 atom stereocenters. The highest BCUT2D eigenvalue weighted by molar-refractivity contribution is 5.85. The normalized spacial score (nSPS) is 20.5. The summed E-state index contributed by atoms with van der Waals surface area (Å²) < 4.78 is 0. The summed E-state index contributed by atoms with van der Waals surface area (Å²) in [5.74, 6) is 6.29. The van der Waals surface area contributed by atoms with E-state index in [0.717, 1.165) is 6.54 Å². The first-order valence-electron chi connectivity index (χ1n) is 5.06. The zero-order valence-corrected chi connectivity index (χ0v) is 8.97. The number of nitrogen functional groups attached to an aromatic ring is 1. The summed E-state index contributed by atoms with van der Waals surface area (Å²) in [6.07, 6.45) is 1.61. The monoisotopic (exact) mass is 222 g/mol. The quantitative estimate of drug-likeness (QED) is 0.442. The first-order valence-corrected chi connectivity index (χ1v) is 5.06. The molecular formula is C9H14N6O. The van der Waals surface area contributed by atoms with Gasteiger partial charge in [-0.05, 0) is 13.0 Å². The lowest BCUT2D eigenvalue weighted by Crippen LogP contribution is -2.54. The summed E-state index contributed by atoms with van der Waals surface area (Å²) in [6, 6.07) is 1.53. The standard InChI is InChI=1S/C9H14N6O/c1-6-8(16)11-4-5-15(6)7-2-3-12-9(13-7)14-10/h2-3,6H,4-5,10H2,1H3,(H,11,16)(H,12,13,14). The molecule has 1 aromatic heterocycles. The van der Waals surface area contributed by atoms with Gasteiger partial charge >= 0.3 is 0 Å². The van der Waals surface area contributed by atoms with Gasteiger partial charge in [0.25, 0.3) is 0 Å². The number of nitrogens with zero attached hydrogens (tertiary/aromatic N) is 3. The number of carbonyl (C=O) groups excluding carboxylic acids is 1. The molecule has 4 N–H and O–H groups in total. The molecule has 0 radical (unpaired) electrons. The second kappa shape index (κ2) is 4.31. The molecule has 1 unspecified atom stereocenters. The van der Waals surface area contributed by atoms with E-state index in [9.17, 15) is 4.79 Å². The van der Waals surface area contributed by atoms with Gasteiger partial charge in [-0.2, -0.15) is 4.98 Å². The highest BCUT2D eigenvalue weighted by Gasteiger charge is 2.26. The minimum absolute atomic E-state index is 0.00659. The summed E-state index contributed by atoms with van der Waals surface area (Å²) in [7, 11) is 0. The van der Waals surface area contributed by atoms with Crippen LogP contribution >= 0.6 is 0 Å². The summed E-state index contributed by atoms with van der Waals surface area (Å²) >= 11 is 0. The summed E-state index contributed by atoms with van der Waals surface area (Å²) in [5.41, 5.74) is 2.38. The molecule has 2 heterocycles. The number of nitrogens with one attached hydrogen (secondary N) is 2. The van der Waals surface area contributed by atoms with Gasteiger partial charge in [0.2, 0.25) is 11.9 Å². The molecule has 0 aliphatic carbocycles. The SMILES string of the molecule is CC1C(=O)NCCN1c1ccnc(NN)n1. The highest BCUT2D eigenvalue weighted by atomic mass is 16.2. The molecule has 1 fully saturated rings. The van der Waals surface area contributed by atoms with Crippen LogP contribution in [0.5, 0.6) is 0 Å². The fourth-order valence-corrected chi connectivity index (χ4v) is 1.67. The van der Waals surface area contributed by atoms with Crippen molar-refractivity contribution in [1.29, 1.82) is 0 Å². The average Bonchev–Trinajstić information content (AvgIpc) is 2.33. The van der Waals surface area contributed by atoms with Gasteiger partial charge in [0.15, 0.2) is 0 Å². The summed E-state index contributed by atoms with van der Waals surface area (Å²) in [4.78, 5) is 21.5. The molecule has 1 saturated heterocycles. The van der Waals surface area contributed by atoms with Crippen LogP contribution in [0.4, 0.5) is 11.8 Å². The van der Waals surface area contributed by atoms with E-state index < -0.39 is 0 Å². The topological polar surface area (TPSA) is 96.2 Å². The van der Waals surface area contributed by atoms with Crippen molar-refractivity contribution in [3.8, 4) is 0 Å². The third kappa shape index (κ3) is 1.89. The molecule has 16 heavy (non-hydrogen) atoms. The zero-order chi connectivity index (χ0) is 11.5. The molecular weight excluding hydrogens is 208 g/mol. The molecule has 1 aliphatic rings. The van der Waals surface area contributed by atoms with Gasteiger partial charge in [0.05, 0.1) is 0 Å². The largest absolute Gasteiger partial charge is 0.353 e. The number of hydrazine groups is 1. The van der Waals surface area contributed by atoms with Crippen molar-refractivity contribution in [2.45, 2.75) is 13.0 Å². The van der Waals surface area contributed by atoms with Crippen LogP contribution in [0.3, 0.4) is 0 Å². The highest BCUT2D eigenvalue weighted by Crippen LogP contribution is 2.16. The Balaban J connectivity index is 2.25. The minimum Gasteiger partial charge on any atom is -0.353 e. The molecule has 7 nitrogen and oxygen atoms in total. The lowest BCUT2D eigenvalue weighted by Gasteiger charge is -2.33. The molecule has 86 valence electrons. The van der Waals surface area contributed by atoms with E-state index in [4.69, 9.17) is 5.84 Å². The second-order valence-corrected chi connectivity index (χ2v) is 3.54. The number of hydrogen-bond donors (Lipinski definition) is 3. The maximum absolute atomic E-state index is 11.5. The van der Waals surface area contributed by atoms with Crippen LogP contribution in [0.15, 0.2) is 12.3 Å². The zero-order valence-electron chi connectivity index (χ0n) is 8.97. The van der Waals surface area contributed by atoms with Gasteiger partial charge in [0, 0.05) is 19.3 Å². The third-order valence-electron chi connectivity index (χ3n) is 2.56. The Morgan fingerprint density at radius 1 is 1.69 bits per heavy atom. The van der Waals surface area contributed by atoms with E-state index in [1.54, 1.807) is 12.3 Å². The van der Waals surface area contributed by atoms with Crippen LogP contribution in [-0.2, 0) is 4.79 Å². The lowest BCUT2D eigenvalue weighted by molar-refractivity contribution is -0.122. The van der Waals surface area contributed by atoms with Crippen LogP contribution in [0.1, 0.15) is 6.92 Å². The lowest BCUT2D eigenvalue weighted by atomic mass is 10.2. The van der Waals surface area contributed by atoms with Crippen molar-refractivity contribution in [2.24, 2.45) is 5.84 Å². The minimum atomic E-state index is -0.228. The van der Waals surface area contributed by atoms with E-state index in [1.807, 2.05) is 11.8 Å². The van der Waals surface area contributed by atoms with E-state index in [-0.39, 0.29) is 11.9 Å². The maximum Gasteiger partial charge on any atom is 0.242 e. The van der Waals surface area contributed by atoms with E-state index >= 15 is 0 Å². The van der Waals surface area contributed by atoms with Crippen molar-refractivity contribution in [2.75, 3.05) is 23.4 Å². The predicted octanol–water partition coefficient (Wildman–Crippen LogP) is -0.913. The van der Waals surface area contributed by atoms with Crippen molar-refractivity contribution >= 4 is 17.7 Å².